The quantitative estimate of drug-likeness (QED) is 0.719. The van der Waals surface area contributed by atoms with Gasteiger partial charge in [-0.05, 0) is 25.0 Å². The molecule has 0 radical (unpaired) electrons. The number of rotatable bonds is 5. The Labute approximate surface area is 84.5 Å². The SMILES string of the molecule is c1cncc(OCCNC2CCC2)c1. The van der Waals surface area contributed by atoms with Gasteiger partial charge in [0.2, 0.25) is 0 Å². The highest BCUT2D eigenvalue weighted by atomic mass is 16.5. The zero-order valence-corrected chi connectivity index (χ0v) is 8.28. The van der Waals surface area contributed by atoms with Crippen LogP contribution in [0.1, 0.15) is 19.3 Å². The predicted molar refractivity (Wildman–Crippen MR) is 55.4 cm³/mol. The number of ether oxygens (including phenoxy) is 1. The first-order valence-corrected chi connectivity index (χ1v) is 5.21. The minimum absolute atomic E-state index is 0.724. The van der Waals surface area contributed by atoms with E-state index in [4.69, 9.17) is 4.74 Å². The maximum Gasteiger partial charge on any atom is 0.137 e. The highest BCUT2D eigenvalue weighted by Gasteiger charge is 2.15. The Hall–Kier alpha value is -1.09. The van der Waals surface area contributed by atoms with E-state index < -0.39 is 0 Å². The van der Waals surface area contributed by atoms with Crippen molar-refractivity contribution < 1.29 is 4.74 Å². The fourth-order valence-electron chi connectivity index (χ4n) is 1.48. The summed E-state index contributed by atoms with van der Waals surface area (Å²) in [5.41, 5.74) is 0. The van der Waals surface area contributed by atoms with E-state index in [0.29, 0.717) is 0 Å². The third-order valence-electron chi connectivity index (χ3n) is 2.54. The molecule has 1 N–H and O–H groups in total. The summed E-state index contributed by atoms with van der Waals surface area (Å²) in [5.74, 6) is 0.850. The molecule has 0 aromatic carbocycles. The smallest absolute Gasteiger partial charge is 0.137 e. The Balaban J connectivity index is 1.58. The van der Waals surface area contributed by atoms with Gasteiger partial charge in [0.15, 0.2) is 0 Å². The van der Waals surface area contributed by atoms with Crippen LogP contribution in [0.4, 0.5) is 0 Å². The Kier molecular flexibility index (Phi) is 3.35. The summed E-state index contributed by atoms with van der Waals surface area (Å²) in [7, 11) is 0. The number of aromatic nitrogens is 1. The molecule has 76 valence electrons. The summed E-state index contributed by atoms with van der Waals surface area (Å²) >= 11 is 0. The van der Waals surface area contributed by atoms with E-state index in [1.54, 1.807) is 12.4 Å². The molecule has 1 aliphatic rings. The first kappa shape index (κ1) is 9.46. The predicted octanol–water partition coefficient (Wildman–Crippen LogP) is 1.60. The molecule has 0 aliphatic heterocycles. The highest BCUT2D eigenvalue weighted by molar-refractivity contribution is 5.15. The van der Waals surface area contributed by atoms with Gasteiger partial charge in [-0.1, -0.05) is 6.42 Å². The molecule has 0 unspecified atom stereocenters. The van der Waals surface area contributed by atoms with Crippen LogP contribution in [-0.4, -0.2) is 24.2 Å². The average molecular weight is 192 g/mol. The van der Waals surface area contributed by atoms with Crippen molar-refractivity contribution >= 4 is 0 Å². The molecule has 1 fully saturated rings. The summed E-state index contributed by atoms with van der Waals surface area (Å²) in [5, 5.41) is 3.44. The van der Waals surface area contributed by atoms with E-state index in [1.807, 2.05) is 12.1 Å². The lowest BCUT2D eigenvalue weighted by atomic mass is 9.93. The topological polar surface area (TPSA) is 34.1 Å². The van der Waals surface area contributed by atoms with Crippen LogP contribution in [0.15, 0.2) is 24.5 Å². The molecule has 3 nitrogen and oxygen atoms in total. The summed E-state index contributed by atoms with van der Waals surface area (Å²) in [6.45, 7) is 1.65. The van der Waals surface area contributed by atoms with Gasteiger partial charge >= 0.3 is 0 Å². The number of nitrogens with one attached hydrogen (secondary N) is 1. The van der Waals surface area contributed by atoms with Crippen molar-refractivity contribution in [3.63, 3.8) is 0 Å². The molecule has 2 rings (SSSR count). The van der Waals surface area contributed by atoms with E-state index in [2.05, 4.69) is 10.3 Å². The molecule has 3 heteroatoms. The van der Waals surface area contributed by atoms with Crippen LogP contribution in [0.5, 0.6) is 5.75 Å². The van der Waals surface area contributed by atoms with Crippen molar-refractivity contribution in [2.75, 3.05) is 13.2 Å². The molecule has 14 heavy (non-hydrogen) atoms. The third-order valence-corrected chi connectivity index (χ3v) is 2.54. The van der Waals surface area contributed by atoms with E-state index in [-0.39, 0.29) is 0 Å². The zero-order chi connectivity index (χ0) is 9.64. The van der Waals surface area contributed by atoms with Gasteiger partial charge in [-0.15, -0.1) is 0 Å². The van der Waals surface area contributed by atoms with Crippen LogP contribution >= 0.6 is 0 Å². The summed E-state index contributed by atoms with van der Waals surface area (Å²) in [4.78, 5) is 3.98. The van der Waals surface area contributed by atoms with Crippen molar-refractivity contribution in [2.24, 2.45) is 0 Å². The number of nitrogens with zero attached hydrogens (tertiary/aromatic N) is 1. The van der Waals surface area contributed by atoms with E-state index >= 15 is 0 Å². The van der Waals surface area contributed by atoms with Crippen molar-refractivity contribution in [1.82, 2.24) is 10.3 Å². The normalized spacial score (nSPS) is 16.3. The van der Waals surface area contributed by atoms with Crippen LogP contribution in [0, 0.1) is 0 Å². The lowest BCUT2D eigenvalue weighted by Crippen LogP contribution is -2.37. The molecule has 1 aromatic rings. The van der Waals surface area contributed by atoms with Gasteiger partial charge in [-0.25, -0.2) is 0 Å². The number of pyridine rings is 1. The Bertz CT molecular complexity index is 259. The molecule has 0 atom stereocenters. The largest absolute Gasteiger partial charge is 0.491 e. The molecule has 0 spiro atoms. The molecule has 1 heterocycles. The van der Waals surface area contributed by atoms with E-state index in [1.165, 1.54) is 19.3 Å². The monoisotopic (exact) mass is 192 g/mol. The summed E-state index contributed by atoms with van der Waals surface area (Å²) < 4.78 is 5.50. The maximum atomic E-state index is 5.50. The van der Waals surface area contributed by atoms with Crippen LogP contribution < -0.4 is 10.1 Å². The highest BCUT2D eigenvalue weighted by Crippen LogP contribution is 2.17. The Morgan fingerprint density at radius 1 is 1.50 bits per heavy atom. The average Bonchev–Trinajstić information content (AvgIpc) is 2.16. The molecule has 1 aromatic heterocycles. The summed E-state index contributed by atoms with van der Waals surface area (Å²) in [6, 6.07) is 4.55. The van der Waals surface area contributed by atoms with Crippen molar-refractivity contribution in [2.45, 2.75) is 25.3 Å². The van der Waals surface area contributed by atoms with Gasteiger partial charge in [0.25, 0.3) is 0 Å². The molecular weight excluding hydrogens is 176 g/mol. The van der Waals surface area contributed by atoms with Crippen LogP contribution in [-0.2, 0) is 0 Å². The van der Waals surface area contributed by atoms with Gasteiger partial charge in [0.1, 0.15) is 12.4 Å². The number of hydrogen-bond acceptors (Lipinski definition) is 3. The third kappa shape index (κ3) is 2.70. The van der Waals surface area contributed by atoms with Crippen molar-refractivity contribution in [3.05, 3.63) is 24.5 Å². The second-order valence-electron chi connectivity index (χ2n) is 3.62. The molecule has 1 saturated carbocycles. The van der Waals surface area contributed by atoms with Gasteiger partial charge in [-0.2, -0.15) is 0 Å². The van der Waals surface area contributed by atoms with Crippen molar-refractivity contribution in [3.8, 4) is 5.75 Å². The van der Waals surface area contributed by atoms with Crippen LogP contribution in [0.2, 0.25) is 0 Å². The first-order valence-electron chi connectivity index (χ1n) is 5.21. The molecule has 0 saturated heterocycles. The number of hydrogen-bond donors (Lipinski definition) is 1. The summed E-state index contributed by atoms with van der Waals surface area (Å²) in [6.07, 6.45) is 7.52. The molecule has 0 amide bonds. The Morgan fingerprint density at radius 2 is 2.43 bits per heavy atom. The Morgan fingerprint density at radius 3 is 3.07 bits per heavy atom. The van der Waals surface area contributed by atoms with E-state index in [0.717, 1.165) is 24.9 Å². The fraction of sp³-hybridized carbons (Fsp3) is 0.545. The van der Waals surface area contributed by atoms with Crippen LogP contribution in [0.25, 0.3) is 0 Å². The lowest BCUT2D eigenvalue weighted by molar-refractivity contribution is 0.275. The van der Waals surface area contributed by atoms with Crippen molar-refractivity contribution in [1.29, 1.82) is 0 Å². The van der Waals surface area contributed by atoms with E-state index in [9.17, 15) is 0 Å². The van der Waals surface area contributed by atoms with Gasteiger partial charge in [0, 0.05) is 18.8 Å². The zero-order valence-electron chi connectivity index (χ0n) is 8.28. The molecule has 1 aliphatic carbocycles. The minimum atomic E-state index is 0.724. The fourth-order valence-corrected chi connectivity index (χ4v) is 1.48. The standard InChI is InChI=1S/C11H16N2O/c1-3-10(4-1)13-7-8-14-11-5-2-6-12-9-11/h2,5-6,9-10,13H,1,3-4,7-8H2. The second kappa shape index (κ2) is 4.96. The van der Waals surface area contributed by atoms with Crippen LogP contribution in [0.3, 0.4) is 0 Å². The first-order chi connectivity index (χ1) is 6.95. The molecule has 0 bridgehead atoms. The van der Waals surface area contributed by atoms with Gasteiger partial charge in [0.05, 0.1) is 6.20 Å². The van der Waals surface area contributed by atoms with Gasteiger partial charge < -0.3 is 10.1 Å². The van der Waals surface area contributed by atoms with Gasteiger partial charge in [-0.3, -0.25) is 4.98 Å². The maximum absolute atomic E-state index is 5.50. The second-order valence-corrected chi connectivity index (χ2v) is 3.62. The molecular formula is C11H16N2O. The lowest BCUT2D eigenvalue weighted by Gasteiger charge is -2.26. The minimum Gasteiger partial charge on any atom is -0.491 e.